The summed E-state index contributed by atoms with van der Waals surface area (Å²) >= 11 is 0. The van der Waals surface area contributed by atoms with Crippen LogP contribution in [0.1, 0.15) is 20.8 Å². The third-order valence-electron chi connectivity index (χ3n) is 1.65. The van der Waals surface area contributed by atoms with Gasteiger partial charge in [-0.25, -0.2) is 0 Å². The number of hydrogen-bond acceptors (Lipinski definition) is 5. The van der Waals surface area contributed by atoms with E-state index >= 15 is 0 Å². The Bertz CT molecular complexity index is 171. The van der Waals surface area contributed by atoms with Crippen LogP contribution in [0.3, 0.4) is 0 Å². The van der Waals surface area contributed by atoms with Gasteiger partial charge in [0.1, 0.15) is 11.6 Å². The van der Waals surface area contributed by atoms with Crippen LogP contribution < -0.4 is 0 Å². The van der Waals surface area contributed by atoms with E-state index in [0.29, 0.717) is 0 Å². The Labute approximate surface area is 83.4 Å². The number of carbonyl (C=O) groups is 2. The molecule has 5 nitrogen and oxygen atoms in total. The lowest BCUT2D eigenvalue weighted by molar-refractivity contribution is -0.134. The molecule has 3 N–H and O–H groups in total. The predicted molar refractivity (Wildman–Crippen MR) is 50.7 cm³/mol. The van der Waals surface area contributed by atoms with Crippen molar-refractivity contribution >= 4 is 11.6 Å². The minimum absolute atomic E-state index is 0.167. The first-order valence-electron chi connectivity index (χ1n) is 4.17. The molecular formula is C9H18O5. The Kier molecular flexibility index (Phi) is 8.52. The van der Waals surface area contributed by atoms with Gasteiger partial charge in [-0.15, -0.1) is 0 Å². The van der Waals surface area contributed by atoms with Gasteiger partial charge in [0.2, 0.25) is 0 Å². The molecule has 0 unspecified atom stereocenters. The van der Waals surface area contributed by atoms with Crippen LogP contribution in [-0.2, 0) is 9.59 Å². The van der Waals surface area contributed by atoms with Crippen molar-refractivity contribution in [3.8, 4) is 0 Å². The molecule has 0 aromatic heterocycles. The number of aliphatic hydroxyl groups is 3. The van der Waals surface area contributed by atoms with Gasteiger partial charge in [-0.05, 0) is 20.8 Å². The molecule has 0 heterocycles. The van der Waals surface area contributed by atoms with Gasteiger partial charge in [-0.2, -0.15) is 0 Å². The normalized spacial score (nSPS) is 10.1. The lowest BCUT2D eigenvalue weighted by Crippen LogP contribution is -2.40. The molecule has 0 bridgehead atoms. The lowest BCUT2D eigenvalue weighted by atomic mass is 9.87. The van der Waals surface area contributed by atoms with Gasteiger partial charge in [-0.1, -0.05) is 0 Å². The highest BCUT2D eigenvalue weighted by atomic mass is 16.3. The Balaban J connectivity index is 0. The van der Waals surface area contributed by atoms with Crippen LogP contribution in [0.2, 0.25) is 0 Å². The first-order chi connectivity index (χ1) is 6.36. The van der Waals surface area contributed by atoms with E-state index in [4.69, 9.17) is 15.3 Å². The molecule has 5 heteroatoms. The average Bonchev–Trinajstić information content (AvgIpc) is 2.07. The third-order valence-corrected chi connectivity index (χ3v) is 1.65. The molecule has 0 aliphatic rings. The monoisotopic (exact) mass is 206 g/mol. The maximum Gasteiger partial charge on any atom is 0.142 e. The highest BCUT2D eigenvalue weighted by molar-refractivity contribution is 5.82. The minimum Gasteiger partial charge on any atom is -0.395 e. The van der Waals surface area contributed by atoms with Gasteiger partial charge in [0, 0.05) is 0 Å². The minimum atomic E-state index is -1.35. The molecule has 0 atom stereocenters. The van der Waals surface area contributed by atoms with Crippen molar-refractivity contribution in [3.63, 3.8) is 0 Å². The van der Waals surface area contributed by atoms with Gasteiger partial charge in [0.25, 0.3) is 0 Å². The zero-order valence-corrected chi connectivity index (χ0v) is 8.78. The quantitative estimate of drug-likeness (QED) is 0.556. The standard InChI is InChI=1S/C6H12O4.C3H6O/c1-5(10)6(2-7,3-8)4-9;1-3(2)4/h7-9H,2-4H2,1H3;1-2H3. The summed E-state index contributed by atoms with van der Waals surface area (Å²) in [6.07, 6.45) is 0. The fourth-order valence-electron chi connectivity index (χ4n) is 0.484. The smallest absolute Gasteiger partial charge is 0.142 e. The Morgan fingerprint density at radius 2 is 1.14 bits per heavy atom. The van der Waals surface area contributed by atoms with Gasteiger partial charge >= 0.3 is 0 Å². The Hall–Kier alpha value is -0.780. The molecular weight excluding hydrogens is 188 g/mol. The van der Waals surface area contributed by atoms with Crippen molar-refractivity contribution in [3.05, 3.63) is 0 Å². The number of rotatable bonds is 4. The number of Topliss-reactive ketones (excluding diaryl/α,β-unsaturated/α-hetero) is 2. The molecule has 0 amide bonds. The first-order valence-corrected chi connectivity index (χ1v) is 4.17. The summed E-state index contributed by atoms with van der Waals surface area (Å²) in [7, 11) is 0. The van der Waals surface area contributed by atoms with E-state index in [9.17, 15) is 9.59 Å². The highest BCUT2D eigenvalue weighted by Gasteiger charge is 2.33. The molecule has 0 aromatic rings. The molecule has 0 fully saturated rings. The third kappa shape index (κ3) is 5.80. The second-order valence-corrected chi connectivity index (χ2v) is 3.22. The Morgan fingerprint density at radius 1 is 0.929 bits per heavy atom. The second kappa shape index (κ2) is 7.61. The van der Waals surface area contributed by atoms with E-state index in [1.807, 2.05) is 0 Å². The van der Waals surface area contributed by atoms with Crippen LogP contribution >= 0.6 is 0 Å². The van der Waals surface area contributed by atoms with E-state index in [1.54, 1.807) is 0 Å². The van der Waals surface area contributed by atoms with Gasteiger partial charge in [-0.3, -0.25) is 4.79 Å². The van der Waals surface area contributed by atoms with E-state index < -0.39 is 31.0 Å². The van der Waals surface area contributed by atoms with E-state index in [2.05, 4.69) is 0 Å². The summed E-state index contributed by atoms with van der Waals surface area (Å²) in [5.41, 5.74) is -1.35. The van der Waals surface area contributed by atoms with Crippen LogP contribution in [0.25, 0.3) is 0 Å². The largest absolute Gasteiger partial charge is 0.395 e. The maximum absolute atomic E-state index is 10.7. The fraction of sp³-hybridized carbons (Fsp3) is 0.778. The van der Waals surface area contributed by atoms with Crippen LogP contribution in [0.15, 0.2) is 0 Å². The molecule has 84 valence electrons. The van der Waals surface area contributed by atoms with E-state index in [0.717, 1.165) is 0 Å². The SMILES string of the molecule is CC(=O)C(CO)(CO)CO.CC(C)=O. The summed E-state index contributed by atoms with van der Waals surface area (Å²) in [4.78, 5) is 20.1. The van der Waals surface area contributed by atoms with Crippen molar-refractivity contribution in [2.24, 2.45) is 5.41 Å². The number of carbonyl (C=O) groups excluding carboxylic acids is 2. The summed E-state index contributed by atoms with van der Waals surface area (Å²) in [6.45, 7) is 2.72. The molecule has 0 radical (unpaired) electrons. The molecule has 0 saturated heterocycles. The number of aliphatic hydroxyl groups excluding tert-OH is 3. The van der Waals surface area contributed by atoms with Crippen LogP contribution in [0, 0.1) is 5.41 Å². The molecule has 0 saturated carbocycles. The number of hydrogen-bond donors (Lipinski definition) is 3. The molecule has 0 aliphatic carbocycles. The van der Waals surface area contributed by atoms with E-state index in [-0.39, 0.29) is 5.78 Å². The predicted octanol–water partition coefficient (Wildman–Crippen LogP) is -0.866. The summed E-state index contributed by atoms with van der Waals surface area (Å²) in [5.74, 6) is -0.236. The van der Waals surface area contributed by atoms with E-state index in [1.165, 1.54) is 20.8 Å². The molecule has 0 aliphatic heterocycles. The van der Waals surface area contributed by atoms with Crippen molar-refractivity contribution in [1.82, 2.24) is 0 Å². The summed E-state index contributed by atoms with van der Waals surface area (Å²) in [6, 6.07) is 0. The average molecular weight is 206 g/mol. The van der Waals surface area contributed by atoms with Crippen molar-refractivity contribution in [2.75, 3.05) is 19.8 Å². The van der Waals surface area contributed by atoms with Gasteiger partial charge in [0.05, 0.1) is 25.2 Å². The van der Waals surface area contributed by atoms with Crippen molar-refractivity contribution < 1.29 is 24.9 Å². The maximum atomic E-state index is 10.7. The molecule has 0 spiro atoms. The number of ketones is 2. The first kappa shape index (κ1) is 15.7. The second-order valence-electron chi connectivity index (χ2n) is 3.22. The fourth-order valence-corrected chi connectivity index (χ4v) is 0.484. The summed E-state index contributed by atoms with van der Waals surface area (Å²) < 4.78 is 0. The molecule has 0 aromatic carbocycles. The van der Waals surface area contributed by atoms with Crippen molar-refractivity contribution in [1.29, 1.82) is 0 Å². The van der Waals surface area contributed by atoms with Gasteiger partial charge < -0.3 is 20.1 Å². The van der Waals surface area contributed by atoms with Crippen LogP contribution in [0.5, 0.6) is 0 Å². The van der Waals surface area contributed by atoms with Crippen LogP contribution in [0.4, 0.5) is 0 Å². The summed E-state index contributed by atoms with van der Waals surface area (Å²) in [5, 5.41) is 25.8. The van der Waals surface area contributed by atoms with Crippen molar-refractivity contribution in [2.45, 2.75) is 20.8 Å². The highest BCUT2D eigenvalue weighted by Crippen LogP contribution is 2.14. The molecule has 0 rings (SSSR count). The van der Waals surface area contributed by atoms with Crippen LogP contribution in [-0.4, -0.2) is 46.7 Å². The Morgan fingerprint density at radius 3 is 1.14 bits per heavy atom. The molecule has 14 heavy (non-hydrogen) atoms. The topological polar surface area (TPSA) is 94.8 Å². The van der Waals surface area contributed by atoms with Gasteiger partial charge in [0.15, 0.2) is 0 Å². The zero-order chi connectivity index (χ0) is 11.8. The zero-order valence-electron chi connectivity index (χ0n) is 8.78. The lowest BCUT2D eigenvalue weighted by Gasteiger charge is -2.23.